The van der Waals surface area contributed by atoms with Crippen LogP contribution in [0.1, 0.15) is 11.4 Å². The van der Waals surface area contributed by atoms with Gasteiger partial charge in [-0.15, -0.1) is 0 Å². The molecule has 0 atom stereocenters. The molecule has 0 saturated heterocycles. The maximum Gasteiger partial charge on any atom is 0.254 e. The molecule has 7 nitrogen and oxygen atoms in total. The molecule has 4 aromatic rings. The Hall–Kier alpha value is -3.22. The Morgan fingerprint density at radius 3 is 2.54 bits per heavy atom. The largest absolute Gasteiger partial charge is 0.338 e. The summed E-state index contributed by atoms with van der Waals surface area (Å²) in [6.45, 7) is 3.94. The van der Waals surface area contributed by atoms with E-state index >= 15 is 0 Å². The van der Waals surface area contributed by atoms with E-state index in [4.69, 9.17) is 0 Å². The minimum Gasteiger partial charge on any atom is -0.338 e. The Morgan fingerprint density at radius 1 is 1.04 bits per heavy atom. The number of hydrogen-bond donors (Lipinski definition) is 1. The van der Waals surface area contributed by atoms with Crippen molar-refractivity contribution in [1.82, 2.24) is 29.3 Å². The lowest BCUT2D eigenvalue weighted by Crippen LogP contribution is -2.08. The van der Waals surface area contributed by atoms with Gasteiger partial charge in [-0.1, -0.05) is 18.2 Å². The predicted molar refractivity (Wildman–Crippen MR) is 92.6 cm³/mol. The van der Waals surface area contributed by atoms with Crippen LogP contribution in [0.5, 0.6) is 0 Å². The molecule has 3 heterocycles. The minimum absolute atomic E-state index is 0.523. The Balaban J connectivity index is 1.90. The van der Waals surface area contributed by atoms with Crippen LogP contribution in [0.3, 0.4) is 0 Å². The first-order valence-electron chi connectivity index (χ1n) is 7.66. The first-order valence-corrected chi connectivity index (χ1v) is 7.66. The Bertz CT molecular complexity index is 1010. The van der Waals surface area contributed by atoms with E-state index in [9.17, 15) is 0 Å². The molecule has 0 bridgehead atoms. The molecule has 0 spiro atoms. The van der Waals surface area contributed by atoms with E-state index in [-0.39, 0.29) is 0 Å². The van der Waals surface area contributed by atoms with Crippen LogP contribution < -0.4 is 5.32 Å². The van der Waals surface area contributed by atoms with Crippen molar-refractivity contribution >= 4 is 22.7 Å². The van der Waals surface area contributed by atoms with E-state index < -0.39 is 0 Å². The fourth-order valence-electron chi connectivity index (χ4n) is 2.67. The zero-order valence-electron chi connectivity index (χ0n) is 13.7. The van der Waals surface area contributed by atoms with Gasteiger partial charge in [-0.2, -0.15) is 15.1 Å². The maximum atomic E-state index is 4.66. The van der Waals surface area contributed by atoms with E-state index in [0.717, 1.165) is 28.2 Å². The number of imidazole rings is 1. The number of hydrogen-bond acceptors (Lipinski definition) is 5. The molecule has 7 heteroatoms. The maximum absolute atomic E-state index is 4.66. The summed E-state index contributed by atoms with van der Waals surface area (Å²) in [5.41, 5.74) is 4.35. The SMILES string of the molecule is Cc1cc(C)n(-c2nc(Nc3ccccc3)c3ncn(C)c3n2)n1. The molecular weight excluding hydrogens is 302 g/mol. The van der Waals surface area contributed by atoms with Crippen LogP contribution in [0.4, 0.5) is 11.5 Å². The van der Waals surface area contributed by atoms with Gasteiger partial charge < -0.3 is 9.88 Å². The molecule has 0 amide bonds. The Kier molecular flexibility index (Phi) is 3.26. The smallest absolute Gasteiger partial charge is 0.254 e. The molecule has 1 N–H and O–H groups in total. The number of para-hydroxylation sites is 1. The lowest BCUT2D eigenvalue weighted by atomic mass is 10.3. The lowest BCUT2D eigenvalue weighted by molar-refractivity contribution is 0.776. The molecule has 0 aliphatic heterocycles. The summed E-state index contributed by atoms with van der Waals surface area (Å²) < 4.78 is 3.63. The zero-order chi connectivity index (χ0) is 16.7. The zero-order valence-corrected chi connectivity index (χ0v) is 13.7. The summed E-state index contributed by atoms with van der Waals surface area (Å²) in [4.78, 5) is 13.7. The number of nitrogens with zero attached hydrogens (tertiary/aromatic N) is 6. The van der Waals surface area contributed by atoms with Gasteiger partial charge in [0.25, 0.3) is 5.95 Å². The Morgan fingerprint density at radius 2 is 1.83 bits per heavy atom. The molecule has 120 valence electrons. The van der Waals surface area contributed by atoms with Crippen molar-refractivity contribution in [3.8, 4) is 5.95 Å². The summed E-state index contributed by atoms with van der Waals surface area (Å²) in [6.07, 6.45) is 1.74. The van der Waals surface area contributed by atoms with Crippen molar-refractivity contribution in [3.63, 3.8) is 0 Å². The van der Waals surface area contributed by atoms with E-state index in [0.29, 0.717) is 11.8 Å². The van der Waals surface area contributed by atoms with Gasteiger partial charge in [0.15, 0.2) is 17.0 Å². The summed E-state index contributed by atoms with van der Waals surface area (Å²) in [5, 5.41) is 7.81. The van der Waals surface area contributed by atoms with Crippen LogP contribution >= 0.6 is 0 Å². The topological polar surface area (TPSA) is 73.5 Å². The molecule has 3 aromatic heterocycles. The average molecular weight is 319 g/mol. The van der Waals surface area contributed by atoms with Crippen LogP contribution in [0.15, 0.2) is 42.7 Å². The highest BCUT2D eigenvalue weighted by molar-refractivity contribution is 5.85. The fraction of sp³-hybridized carbons (Fsp3) is 0.176. The number of anilines is 2. The third-order valence-corrected chi connectivity index (χ3v) is 3.78. The van der Waals surface area contributed by atoms with Crippen LogP contribution in [0, 0.1) is 13.8 Å². The van der Waals surface area contributed by atoms with Gasteiger partial charge in [0.1, 0.15) is 0 Å². The van der Waals surface area contributed by atoms with Gasteiger partial charge in [0, 0.05) is 18.4 Å². The van der Waals surface area contributed by atoms with E-state index in [1.807, 2.05) is 61.9 Å². The normalized spacial score (nSPS) is 11.1. The summed E-state index contributed by atoms with van der Waals surface area (Å²) in [6, 6.07) is 11.9. The molecule has 0 radical (unpaired) electrons. The summed E-state index contributed by atoms with van der Waals surface area (Å²) in [7, 11) is 1.92. The summed E-state index contributed by atoms with van der Waals surface area (Å²) >= 11 is 0. The average Bonchev–Trinajstić information content (AvgIpc) is 3.11. The highest BCUT2D eigenvalue weighted by atomic mass is 15.4. The second kappa shape index (κ2) is 5.45. The third kappa shape index (κ3) is 2.40. The van der Waals surface area contributed by atoms with Crippen molar-refractivity contribution in [1.29, 1.82) is 0 Å². The molecule has 0 aliphatic rings. The van der Waals surface area contributed by atoms with Crippen LogP contribution in [-0.2, 0) is 7.05 Å². The van der Waals surface area contributed by atoms with Crippen molar-refractivity contribution in [3.05, 3.63) is 54.1 Å². The lowest BCUT2D eigenvalue weighted by Gasteiger charge is -2.09. The van der Waals surface area contributed by atoms with Crippen molar-refractivity contribution in [2.24, 2.45) is 7.05 Å². The fourth-order valence-corrected chi connectivity index (χ4v) is 2.67. The van der Waals surface area contributed by atoms with Crippen molar-refractivity contribution in [2.45, 2.75) is 13.8 Å². The molecule has 1 aromatic carbocycles. The quantitative estimate of drug-likeness (QED) is 0.628. The van der Waals surface area contributed by atoms with Gasteiger partial charge in [-0.25, -0.2) is 9.67 Å². The number of aryl methyl sites for hydroxylation is 3. The highest BCUT2D eigenvalue weighted by Crippen LogP contribution is 2.23. The van der Waals surface area contributed by atoms with Gasteiger partial charge in [-0.05, 0) is 32.0 Å². The molecule has 4 rings (SSSR count). The van der Waals surface area contributed by atoms with Crippen LogP contribution in [0.2, 0.25) is 0 Å². The highest BCUT2D eigenvalue weighted by Gasteiger charge is 2.15. The molecule has 0 aliphatic carbocycles. The van der Waals surface area contributed by atoms with E-state index in [1.165, 1.54) is 0 Å². The second-order valence-corrected chi connectivity index (χ2v) is 5.73. The van der Waals surface area contributed by atoms with Gasteiger partial charge >= 0.3 is 0 Å². The number of nitrogens with one attached hydrogen (secondary N) is 1. The number of fused-ring (bicyclic) bond motifs is 1. The molecule has 0 fully saturated rings. The minimum atomic E-state index is 0.523. The number of benzene rings is 1. The van der Waals surface area contributed by atoms with Crippen LogP contribution in [-0.4, -0.2) is 29.3 Å². The molecular formula is C17H17N7. The number of aromatic nitrogens is 6. The van der Waals surface area contributed by atoms with Crippen molar-refractivity contribution in [2.75, 3.05) is 5.32 Å². The monoisotopic (exact) mass is 319 g/mol. The predicted octanol–water partition coefficient (Wildman–Crippen LogP) is 2.91. The standard InChI is InChI=1S/C17H17N7/c1-11-9-12(2)24(22-11)17-20-15(19-13-7-5-4-6-8-13)14-16(21-17)23(3)10-18-14/h4-10H,1-3H3,(H,19,20,21). The van der Waals surface area contributed by atoms with Crippen LogP contribution in [0.25, 0.3) is 17.1 Å². The number of rotatable bonds is 3. The van der Waals surface area contributed by atoms with Gasteiger partial charge in [-0.3, -0.25) is 0 Å². The second-order valence-electron chi connectivity index (χ2n) is 5.73. The first kappa shape index (κ1) is 14.4. The Labute approximate surface area is 139 Å². The van der Waals surface area contributed by atoms with E-state index in [2.05, 4.69) is 25.4 Å². The molecule has 0 unspecified atom stereocenters. The third-order valence-electron chi connectivity index (χ3n) is 3.78. The molecule has 0 saturated carbocycles. The van der Waals surface area contributed by atoms with Gasteiger partial charge in [0.05, 0.1) is 12.0 Å². The first-order chi connectivity index (χ1) is 11.6. The van der Waals surface area contributed by atoms with Gasteiger partial charge in [0.2, 0.25) is 0 Å². The van der Waals surface area contributed by atoms with E-state index in [1.54, 1.807) is 11.0 Å². The van der Waals surface area contributed by atoms with Crippen molar-refractivity contribution < 1.29 is 0 Å². The summed E-state index contributed by atoms with van der Waals surface area (Å²) in [5.74, 6) is 1.18. The molecule has 24 heavy (non-hydrogen) atoms.